The second-order valence-corrected chi connectivity index (χ2v) is 9.75. The highest BCUT2D eigenvalue weighted by molar-refractivity contribution is 6.00. The van der Waals surface area contributed by atoms with Crippen molar-refractivity contribution in [3.8, 4) is 11.8 Å². The second-order valence-electron chi connectivity index (χ2n) is 9.75. The first-order valence-corrected chi connectivity index (χ1v) is 11.8. The highest BCUT2D eigenvalue weighted by Gasteiger charge is 2.37. The summed E-state index contributed by atoms with van der Waals surface area (Å²) in [5.41, 5.74) is 6.42. The number of nitrogens with two attached hydrogens (primary N) is 1. The molecule has 0 saturated heterocycles. The van der Waals surface area contributed by atoms with Crippen LogP contribution in [0.3, 0.4) is 0 Å². The third-order valence-electron chi connectivity index (χ3n) is 5.42. The van der Waals surface area contributed by atoms with E-state index in [4.69, 9.17) is 10.5 Å². The zero-order valence-corrected chi connectivity index (χ0v) is 22.1. The van der Waals surface area contributed by atoms with Crippen LogP contribution in [0.1, 0.15) is 49.9 Å². The van der Waals surface area contributed by atoms with Gasteiger partial charge in [0.05, 0.1) is 12.5 Å². The van der Waals surface area contributed by atoms with Crippen LogP contribution in [0.4, 0.5) is 10.5 Å². The maximum absolute atomic E-state index is 13.7. The van der Waals surface area contributed by atoms with Gasteiger partial charge in [0.2, 0.25) is 11.8 Å². The number of aryl methyl sites for hydroxylation is 2. The minimum absolute atomic E-state index is 0.0248. The number of primary amides is 1. The van der Waals surface area contributed by atoms with Gasteiger partial charge in [-0.05, 0) is 69.5 Å². The lowest BCUT2D eigenvalue weighted by molar-refractivity contribution is -0.141. The number of phenolic OH excluding ortho intramolecular Hbond substituents is 1. The van der Waals surface area contributed by atoms with Gasteiger partial charge in [0, 0.05) is 5.69 Å². The van der Waals surface area contributed by atoms with Crippen LogP contribution in [0.25, 0.3) is 0 Å². The molecule has 0 spiro atoms. The Balaban J connectivity index is 2.56. The van der Waals surface area contributed by atoms with Crippen molar-refractivity contribution in [2.75, 3.05) is 11.9 Å². The summed E-state index contributed by atoms with van der Waals surface area (Å²) in [4.78, 5) is 52.6. The highest BCUT2D eigenvalue weighted by Crippen LogP contribution is 2.28. The molecule has 0 heterocycles. The van der Waals surface area contributed by atoms with Crippen molar-refractivity contribution in [3.05, 3.63) is 59.2 Å². The monoisotopic (exact) mass is 523 g/mol. The van der Waals surface area contributed by atoms with Crippen molar-refractivity contribution in [3.63, 3.8) is 0 Å². The predicted octanol–water partition coefficient (Wildman–Crippen LogP) is 2.81. The van der Waals surface area contributed by atoms with E-state index in [1.807, 2.05) is 6.07 Å². The summed E-state index contributed by atoms with van der Waals surface area (Å²) >= 11 is 0. The van der Waals surface area contributed by atoms with Gasteiger partial charge in [-0.2, -0.15) is 5.26 Å². The van der Waals surface area contributed by atoms with Crippen molar-refractivity contribution < 1.29 is 29.0 Å². The number of ether oxygens (including phenoxy) is 1. The number of nitriles is 1. The molecule has 0 fully saturated rings. The van der Waals surface area contributed by atoms with E-state index in [2.05, 4.69) is 10.6 Å². The molecule has 4 amide bonds. The third kappa shape index (κ3) is 8.23. The molecule has 0 radical (unpaired) electrons. The lowest BCUT2D eigenvalue weighted by Gasteiger charge is -2.33. The Morgan fingerprint density at radius 3 is 2.32 bits per heavy atom. The number of hydrogen-bond acceptors (Lipinski definition) is 7. The Morgan fingerprint density at radius 2 is 1.76 bits per heavy atom. The average Bonchev–Trinajstić information content (AvgIpc) is 2.80. The van der Waals surface area contributed by atoms with Crippen LogP contribution in [0.2, 0.25) is 0 Å². The number of para-hydroxylation sites is 1. The number of alkyl carbamates (subject to hydrolysis) is 1. The van der Waals surface area contributed by atoms with Gasteiger partial charge in [-0.25, -0.2) is 4.79 Å². The molecule has 2 unspecified atom stereocenters. The van der Waals surface area contributed by atoms with E-state index in [1.54, 1.807) is 58.9 Å². The number of benzene rings is 2. The molecule has 2 rings (SSSR count). The number of nitrogens with one attached hydrogen (secondary N) is 2. The van der Waals surface area contributed by atoms with Gasteiger partial charge in [0.1, 0.15) is 30.0 Å². The van der Waals surface area contributed by atoms with Crippen molar-refractivity contribution >= 4 is 29.5 Å². The van der Waals surface area contributed by atoms with E-state index < -0.39 is 54.5 Å². The average molecular weight is 524 g/mol. The van der Waals surface area contributed by atoms with Gasteiger partial charge >= 0.3 is 6.09 Å². The number of hydrogen-bond donors (Lipinski definition) is 4. The standard InChI is InChI=1S/C27H33N5O6/c1-16-8-6-7-9-19(16)30-24(35)23(18-10-11-21(33)17(2)14-18)32(13-12-28)25(36)20(15-22(29)34)31-26(37)38-27(3,4)5/h6-11,14,20,23,33H,13,15H2,1-5H3,(H2,29,34)(H,30,35)(H,31,37). The molecule has 11 heteroatoms. The number of aromatic hydroxyl groups is 1. The minimum Gasteiger partial charge on any atom is -0.508 e. The first kappa shape index (κ1) is 29.6. The zero-order chi connectivity index (χ0) is 28.6. The maximum Gasteiger partial charge on any atom is 0.408 e. The van der Waals surface area contributed by atoms with Crippen LogP contribution < -0.4 is 16.4 Å². The highest BCUT2D eigenvalue weighted by atomic mass is 16.6. The van der Waals surface area contributed by atoms with Crippen LogP contribution in [0.15, 0.2) is 42.5 Å². The Hall–Kier alpha value is -4.59. The maximum atomic E-state index is 13.7. The summed E-state index contributed by atoms with van der Waals surface area (Å²) < 4.78 is 5.21. The minimum atomic E-state index is -1.51. The number of carbonyl (C=O) groups is 4. The van der Waals surface area contributed by atoms with Crippen LogP contribution in [-0.4, -0.2) is 52.0 Å². The lowest BCUT2D eigenvalue weighted by Crippen LogP contribution is -2.53. The summed E-state index contributed by atoms with van der Waals surface area (Å²) in [6.45, 7) is 7.72. The SMILES string of the molecule is Cc1cc(C(C(=O)Nc2ccccc2C)N(CC#N)C(=O)C(CC(N)=O)NC(=O)OC(C)(C)C)ccc1O. The Labute approximate surface area is 221 Å². The summed E-state index contributed by atoms with van der Waals surface area (Å²) in [7, 11) is 0. The Kier molecular flexibility index (Phi) is 9.81. The predicted molar refractivity (Wildman–Crippen MR) is 140 cm³/mol. The van der Waals surface area contributed by atoms with E-state index >= 15 is 0 Å². The van der Waals surface area contributed by atoms with E-state index in [-0.39, 0.29) is 5.75 Å². The quantitative estimate of drug-likeness (QED) is 0.365. The smallest absolute Gasteiger partial charge is 0.408 e. The molecule has 0 bridgehead atoms. The number of nitrogens with zero attached hydrogens (tertiary/aromatic N) is 2. The van der Waals surface area contributed by atoms with Gasteiger partial charge in [0.15, 0.2) is 0 Å². The lowest BCUT2D eigenvalue weighted by atomic mass is 9.99. The fourth-order valence-electron chi connectivity index (χ4n) is 3.66. The Bertz CT molecular complexity index is 1250. The van der Waals surface area contributed by atoms with Gasteiger partial charge in [-0.15, -0.1) is 0 Å². The molecular formula is C27H33N5O6. The molecule has 0 aliphatic carbocycles. The number of anilines is 1. The number of amides is 4. The molecule has 0 aliphatic heterocycles. The fourth-order valence-corrected chi connectivity index (χ4v) is 3.66. The first-order valence-electron chi connectivity index (χ1n) is 11.8. The molecule has 0 aromatic heterocycles. The van der Waals surface area contributed by atoms with Gasteiger partial charge in [-0.1, -0.05) is 24.3 Å². The molecule has 202 valence electrons. The molecule has 2 aromatic carbocycles. The van der Waals surface area contributed by atoms with E-state index in [9.17, 15) is 29.5 Å². The molecule has 5 N–H and O–H groups in total. The van der Waals surface area contributed by atoms with Crippen LogP contribution in [0, 0.1) is 25.2 Å². The van der Waals surface area contributed by atoms with Gasteiger partial charge in [0.25, 0.3) is 5.91 Å². The van der Waals surface area contributed by atoms with Crippen molar-refractivity contribution in [2.45, 2.75) is 58.7 Å². The summed E-state index contributed by atoms with van der Waals surface area (Å²) in [6, 6.07) is 10.3. The Morgan fingerprint density at radius 1 is 1.11 bits per heavy atom. The molecule has 2 atom stereocenters. The van der Waals surface area contributed by atoms with Crippen LogP contribution >= 0.6 is 0 Å². The number of carbonyl (C=O) groups excluding carboxylic acids is 4. The molecule has 0 saturated carbocycles. The molecule has 2 aromatic rings. The van der Waals surface area contributed by atoms with E-state index in [1.165, 1.54) is 18.2 Å². The molecule has 38 heavy (non-hydrogen) atoms. The topological polar surface area (TPSA) is 175 Å². The summed E-state index contributed by atoms with van der Waals surface area (Å²) in [6.07, 6.45) is -1.57. The largest absolute Gasteiger partial charge is 0.508 e. The van der Waals surface area contributed by atoms with Gasteiger partial charge in [-0.3, -0.25) is 14.4 Å². The van der Waals surface area contributed by atoms with Crippen molar-refractivity contribution in [1.82, 2.24) is 10.2 Å². The first-order chi connectivity index (χ1) is 17.7. The zero-order valence-electron chi connectivity index (χ0n) is 22.1. The van der Waals surface area contributed by atoms with E-state index in [0.29, 0.717) is 16.8 Å². The normalized spacial score (nSPS) is 12.4. The molecular weight excluding hydrogens is 490 g/mol. The molecule has 0 aliphatic rings. The van der Waals surface area contributed by atoms with E-state index in [0.717, 1.165) is 10.5 Å². The van der Waals surface area contributed by atoms with Crippen LogP contribution in [0.5, 0.6) is 5.75 Å². The van der Waals surface area contributed by atoms with Crippen molar-refractivity contribution in [2.24, 2.45) is 5.73 Å². The third-order valence-corrected chi connectivity index (χ3v) is 5.42. The summed E-state index contributed by atoms with van der Waals surface area (Å²) in [5.74, 6) is -2.46. The number of phenols is 1. The van der Waals surface area contributed by atoms with Crippen LogP contribution in [-0.2, 0) is 19.1 Å². The number of rotatable bonds is 9. The fraction of sp³-hybridized carbons (Fsp3) is 0.370. The summed E-state index contributed by atoms with van der Waals surface area (Å²) in [5, 5.41) is 24.7. The molecule has 11 nitrogen and oxygen atoms in total. The van der Waals surface area contributed by atoms with Crippen molar-refractivity contribution in [1.29, 1.82) is 5.26 Å². The second kappa shape index (κ2) is 12.6. The van der Waals surface area contributed by atoms with Gasteiger partial charge < -0.3 is 31.1 Å².